The highest BCUT2D eigenvalue weighted by atomic mass is 28.4. The smallest absolute Gasteiger partial charge is 0.184 e. The Balaban J connectivity index is 3.93. The van der Waals surface area contributed by atoms with Crippen LogP contribution in [0, 0.1) is 0 Å². The molecule has 0 aliphatic heterocycles. The first-order valence-corrected chi connectivity index (χ1v) is 14.3. The molecule has 1 N–H and O–H groups in total. The highest BCUT2D eigenvalue weighted by Gasteiger charge is 2.25. The number of rotatable bonds is 18. The predicted molar refractivity (Wildman–Crippen MR) is 118 cm³/mol. The molecule has 2 atom stereocenters. The number of nitrogens with zero attached hydrogens (tertiary/aromatic N) is 3. The molecule has 2 unspecified atom stereocenters. The minimum absolute atomic E-state index is 0.192. The van der Waals surface area contributed by atoms with Gasteiger partial charge >= 0.3 is 0 Å². The van der Waals surface area contributed by atoms with E-state index >= 15 is 0 Å². The van der Waals surface area contributed by atoms with Crippen molar-refractivity contribution in [3.05, 3.63) is 22.6 Å². The van der Waals surface area contributed by atoms with Gasteiger partial charge in [0.05, 0.1) is 18.8 Å². The Morgan fingerprint density at radius 1 is 0.963 bits per heavy atom. The first kappa shape index (κ1) is 26.2. The fourth-order valence-electron chi connectivity index (χ4n) is 3.08. The van der Waals surface area contributed by atoms with E-state index in [4.69, 9.17) is 9.96 Å². The molecule has 0 fully saturated rings. The van der Waals surface area contributed by atoms with E-state index in [1.54, 1.807) is 0 Å². The molecule has 0 bridgehead atoms. The van der Waals surface area contributed by atoms with Gasteiger partial charge in [-0.2, -0.15) is 0 Å². The Morgan fingerprint density at radius 3 is 1.93 bits per heavy atom. The maximum atomic E-state index is 9.46. The summed E-state index contributed by atoms with van der Waals surface area (Å²) in [4.78, 5) is 2.84. The second-order valence-corrected chi connectivity index (χ2v) is 12.9. The van der Waals surface area contributed by atoms with Crippen LogP contribution in [0.4, 0.5) is 0 Å². The van der Waals surface area contributed by atoms with Gasteiger partial charge in [0, 0.05) is 4.91 Å². The number of hydrogen-bond donors (Lipinski definition) is 1. The maximum absolute atomic E-state index is 9.46. The van der Waals surface area contributed by atoms with Crippen molar-refractivity contribution in [1.29, 1.82) is 0 Å². The molecule has 0 aromatic heterocycles. The van der Waals surface area contributed by atoms with Crippen LogP contribution >= 0.6 is 0 Å². The molecular weight excluding hydrogens is 354 g/mol. The summed E-state index contributed by atoms with van der Waals surface area (Å²) in [6.07, 6.45) is 19.6. The highest BCUT2D eigenvalue weighted by molar-refractivity contribution is 6.69. The molecule has 0 amide bonds. The third kappa shape index (κ3) is 17.0. The predicted octanol–water partition coefficient (Wildman–Crippen LogP) is 7.14. The van der Waals surface area contributed by atoms with Crippen LogP contribution in [-0.2, 0) is 4.43 Å². The summed E-state index contributed by atoms with van der Waals surface area (Å²) in [5.41, 5.74) is 8.68. The molecule has 0 aromatic carbocycles. The van der Waals surface area contributed by atoms with Gasteiger partial charge in [-0.15, -0.1) is 0 Å². The van der Waals surface area contributed by atoms with Gasteiger partial charge in [0.1, 0.15) is 0 Å². The SMILES string of the molecule is CCCCCCCCCCCCC/C=C/C(O[Si](C)(C)C)C(CO)N=[N+]=[N-]. The standard InChI is InChI=1S/C21H43N3O2Si/c1-5-6-7-8-9-10-11-12-13-14-15-16-17-18-21(26-27(2,3)4)20(19-25)23-24-22/h17-18,20-21,25H,5-16,19H2,1-4H3/b18-17+. The second kappa shape index (κ2) is 17.3. The van der Waals surface area contributed by atoms with Crippen molar-refractivity contribution < 1.29 is 9.53 Å². The summed E-state index contributed by atoms with van der Waals surface area (Å²) in [6.45, 7) is 8.37. The van der Waals surface area contributed by atoms with Crippen molar-refractivity contribution in [3.8, 4) is 0 Å². The summed E-state index contributed by atoms with van der Waals surface area (Å²) in [7, 11) is -1.78. The summed E-state index contributed by atoms with van der Waals surface area (Å²) < 4.78 is 6.08. The minimum Gasteiger partial charge on any atom is -0.411 e. The zero-order valence-electron chi connectivity index (χ0n) is 18.2. The van der Waals surface area contributed by atoms with Gasteiger partial charge in [-0.1, -0.05) is 88.4 Å². The molecule has 0 radical (unpaired) electrons. The molecule has 5 nitrogen and oxygen atoms in total. The lowest BCUT2D eigenvalue weighted by Gasteiger charge is -2.27. The Kier molecular flexibility index (Phi) is 16.8. The normalized spacial score (nSPS) is 14.3. The number of hydrogen-bond acceptors (Lipinski definition) is 3. The van der Waals surface area contributed by atoms with E-state index in [0.717, 1.165) is 6.42 Å². The van der Waals surface area contributed by atoms with Crippen molar-refractivity contribution in [2.45, 2.75) is 116 Å². The molecule has 0 aliphatic carbocycles. The van der Waals surface area contributed by atoms with Gasteiger partial charge < -0.3 is 9.53 Å². The molecule has 0 aromatic rings. The third-order valence-corrected chi connectivity index (χ3v) is 5.54. The summed E-state index contributed by atoms with van der Waals surface area (Å²) in [5.74, 6) is 0. The molecule has 158 valence electrons. The second-order valence-electron chi connectivity index (χ2n) is 8.40. The average Bonchev–Trinajstić information content (AvgIpc) is 2.61. The van der Waals surface area contributed by atoms with E-state index in [0.29, 0.717) is 0 Å². The van der Waals surface area contributed by atoms with Crippen molar-refractivity contribution in [3.63, 3.8) is 0 Å². The van der Waals surface area contributed by atoms with Crippen molar-refractivity contribution in [1.82, 2.24) is 0 Å². The van der Waals surface area contributed by atoms with E-state index in [9.17, 15) is 5.11 Å². The number of allylic oxidation sites excluding steroid dienone is 1. The van der Waals surface area contributed by atoms with Crippen molar-refractivity contribution >= 4 is 8.32 Å². The summed E-state index contributed by atoms with van der Waals surface area (Å²) >= 11 is 0. The Labute approximate surface area is 168 Å². The topological polar surface area (TPSA) is 78.2 Å². The van der Waals surface area contributed by atoms with Crippen molar-refractivity contribution in [2.24, 2.45) is 5.11 Å². The van der Waals surface area contributed by atoms with Crippen LogP contribution in [0.2, 0.25) is 19.6 Å². The lowest BCUT2D eigenvalue weighted by molar-refractivity contribution is 0.157. The third-order valence-electron chi connectivity index (χ3n) is 4.56. The fourth-order valence-corrected chi connectivity index (χ4v) is 4.14. The minimum atomic E-state index is -1.78. The van der Waals surface area contributed by atoms with E-state index in [-0.39, 0.29) is 12.7 Å². The first-order valence-electron chi connectivity index (χ1n) is 10.9. The Bertz CT molecular complexity index is 418. The number of aliphatic hydroxyl groups excluding tert-OH is 1. The molecule has 27 heavy (non-hydrogen) atoms. The number of azide groups is 1. The number of unbranched alkanes of at least 4 members (excludes halogenated alkanes) is 11. The zero-order chi connectivity index (χ0) is 20.4. The molecule has 0 spiro atoms. The van der Waals surface area contributed by atoms with E-state index in [1.165, 1.54) is 70.6 Å². The Hall–Kier alpha value is -0.813. The van der Waals surface area contributed by atoms with Gasteiger partial charge in [0.25, 0.3) is 0 Å². The van der Waals surface area contributed by atoms with Crippen LogP contribution in [0.3, 0.4) is 0 Å². The number of aliphatic hydroxyl groups is 1. The molecular formula is C21H43N3O2Si. The van der Waals surface area contributed by atoms with Crippen molar-refractivity contribution in [2.75, 3.05) is 6.61 Å². The summed E-state index contributed by atoms with van der Waals surface area (Å²) in [5, 5.41) is 13.1. The maximum Gasteiger partial charge on any atom is 0.184 e. The molecule has 0 saturated heterocycles. The van der Waals surface area contributed by atoms with Crippen LogP contribution in [-0.4, -0.2) is 32.2 Å². The fraction of sp³-hybridized carbons (Fsp3) is 0.905. The van der Waals surface area contributed by atoms with Crippen LogP contribution < -0.4 is 0 Å². The average molecular weight is 398 g/mol. The highest BCUT2D eigenvalue weighted by Crippen LogP contribution is 2.16. The monoisotopic (exact) mass is 397 g/mol. The Morgan fingerprint density at radius 2 is 1.48 bits per heavy atom. The summed E-state index contributed by atoms with van der Waals surface area (Å²) in [6, 6.07) is -0.546. The van der Waals surface area contributed by atoms with E-state index in [1.807, 2.05) is 6.08 Å². The molecule has 0 heterocycles. The van der Waals surface area contributed by atoms with Crippen LogP contribution in [0.15, 0.2) is 17.3 Å². The van der Waals surface area contributed by atoms with Crippen LogP contribution in [0.25, 0.3) is 10.4 Å². The lowest BCUT2D eigenvalue weighted by atomic mass is 10.0. The van der Waals surface area contributed by atoms with Crippen LogP contribution in [0.5, 0.6) is 0 Å². The molecule has 0 aliphatic rings. The van der Waals surface area contributed by atoms with Gasteiger partial charge in [0.2, 0.25) is 0 Å². The molecule has 0 saturated carbocycles. The molecule has 0 rings (SSSR count). The van der Waals surface area contributed by atoms with Gasteiger partial charge in [-0.3, -0.25) is 0 Å². The first-order chi connectivity index (χ1) is 12.9. The lowest BCUT2D eigenvalue weighted by Crippen LogP contribution is -2.38. The van der Waals surface area contributed by atoms with Gasteiger partial charge in [-0.25, -0.2) is 0 Å². The zero-order valence-corrected chi connectivity index (χ0v) is 19.2. The quantitative estimate of drug-likeness (QED) is 0.0666. The molecule has 6 heteroatoms. The van der Waals surface area contributed by atoms with E-state index < -0.39 is 14.4 Å². The van der Waals surface area contributed by atoms with Gasteiger partial charge in [-0.05, 0) is 38.0 Å². The van der Waals surface area contributed by atoms with Crippen LogP contribution in [0.1, 0.15) is 84.0 Å². The largest absolute Gasteiger partial charge is 0.411 e. The van der Waals surface area contributed by atoms with E-state index in [2.05, 4.69) is 42.7 Å². The van der Waals surface area contributed by atoms with Gasteiger partial charge in [0.15, 0.2) is 8.32 Å².